The molecule has 1 atom stereocenters. The SMILES string of the molecule is COCCOCCS(=O)c1c(N)cccc1Cl. The first-order valence-electron chi connectivity index (χ1n) is 5.16. The number of hydrogen-bond donors (Lipinski definition) is 1. The number of methoxy groups -OCH3 is 1. The minimum Gasteiger partial charge on any atom is -0.398 e. The molecule has 0 aliphatic carbocycles. The molecule has 96 valence electrons. The number of nitrogens with two attached hydrogens (primary N) is 1. The maximum absolute atomic E-state index is 12.0. The second kappa shape index (κ2) is 7.66. The van der Waals surface area contributed by atoms with Crippen molar-refractivity contribution < 1.29 is 13.7 Å². The summed E-state index contributed by atoms with van der Waals surface area (Å²) in [4.78, 5) is 0.490. The van der Waals surface area contributed by atoms with Crippen molar-refractivity contribution in [3.63, 3.8) is 0 Å². The van der Waals surface area contributed by atoms with E-state index in [1.54, 1.807) is 25.3 Å². The Labute approximate surface area is 109 Å². The van der Waals surface area contributed by atoms with Crippen LogP contribution in [0.1, 0.15) is 0 Å². The fourth-order valence-electron chi connectivity index (χ4n) is 1.25. The number of ether oxygens (including phenoxy) is 2. The van der Waals surface area contributed by atoms with E-state index in [2.05, 4.69) is 0 Å². The molecule has 1 aromatic carbocycles. The minimum absolute atomic E-state index is 0.373. The van der Waals surface area contributed by atoms with E-state index < -0.39 is 10.8 Å². The zero-order valence-corrected chi connectivity index (χ0v) is 11.2. The van der Waals surface area contributed by atoms with Gasteiger partial charge in [-0.2, -0.15) is 0 Å². The fraction of sp³-hybridized carbons (Fsp3) is 0.455. The Bertz CT molecular complexity index is 367. The van der Waals surface area contributed by atoms with Gasteiger partial charge in [0.25, 0.3) is 0 Å². The quantitative estimate of drug-likeness (QED) is 0.609. The maximum Gasteiger partial charge on any atom is 0.0804 e. The van der Waals surface area contributed by atoms with E-state index in [0.29, 0.717) is 41.2 Å². The molecule has 6 heteroatoms. The molecule has 2 N–H and O–H groups in total. The van der Waals surface area contributed by atoms with Gasteiger partial charge >= 0.3 is 0 Å². The van der Waals surface area contributed by atoms with Crippen molar-refractivity contribution in [1.29, 1.82) is 0 Å². The molecule has 1 aromatic rings. The van der Waals surface area contributed by atoms with Crippen LogP contribution < -0.4 is 5.73 Å². The van der Waals surface area contributed by atoms with Crippen molar-refractivity contribution in [2.45, 2.75) is 4.90 Å². The third-order valence-electron chi connectivity index (χ3n) is 2.07. The third-order valence-corrected chi connectivity index (χ3v) is 3.95. The van der Waals surface area contributed by atoms with Crippen LogP contribution >= 0.6 is 11.6 Å². The monoisotopic (exact) mass is 277 g/mol. The van der Waals surface area contributed by atoms with Crippen LogP contribution in [0.5, 0.6) is 0 Å². The van der Waals surface area contributed by atoms with Gasteiger partial charge < -0.3 is 15.2 Å². The summed E-state index contributed by atoms with van der Waals surface area (Å²) in [5, 5.41) is 0.431. The van der Waals surface area contributed by atoms with Crippen molar-refractivity contribution >= 4 is 28.1 Å². The Kier molecular flexibility index (Phi) is 6.50. The lowest BCUT2D eigenvalue weighted by Gasteiger charge is -2.08. The molecule has 0 bridgehead atoms. The molecule has 4 nitrogen and oxygen atoms in total. The Morgan fingerprint density at radius 2 is 2.12 bits per heavy atom. The lowest BCUT2D eigenvalue weighted by Crippen LogP contribution is -2.11. The molecular weight excluding hydrogens is 262 g/mol. The van der Waals surface area contributed by atoms with Crippen LogP contribution in [0.25, 0.3) is 0 Å². The van der Waals surface area contributed by atoms with Gasteiger partial charge in [0.1, 0.15) is 0 Å². The van der Waals surface area contributed by atoms with Crippen molar-refractivity contribution in [1.82, 2.24) is 0 Å². The number of halogens is 1. The minimum atomic E-state index is -1.23. The Morgan fingerprint density at radius 1 is 1.35 bits per heavy atom. The summed E-state index contributed by atoms with van der Waals surface area (Å²) in [5.74, 6) is 0.373. The zero-order valence-electron chi connectivity index (χ0n) is 9.65. The Balaban J connectivity index is 2.47. The van der Waals surface area contributed by atoms with Crippen molar-refractivity contribution in [2.24, 2.45) is 0 Å². The highest BCUT2D eigenvalue weighted by Gasteiger charge is 2.11. The molecule has 0 heterocycles. The Morgan fingerprint density at radius 3 is 2.76 bits per heavy atom. The first-order chi connectivity index (χ1) is 8.16. The van der Waals surface area contributed by atoms with Crippen LogP contribution in [0.15, 0.2) is 23.1 Å². The molecule has 0 aromatic heterocycles. The van der Waals surface area contributed by atoms with E-state index in [1.807, 2.05) is 0 Å². The van der Waals surface area contributed by atoms with E-state index in [0.717, 1.165) is 0 Å². The van der Waals surface area contributed by atoms with Crippen LogP contribution in [0.2, 0.25) is 5.02 Å². The largest absolute Gasteiger partial charge is 0.398 e. The first-order valence-corrected chi connectivity index (χ1v) is 6.85. The van der Waals surface area contributed by atoms with E-state index in [1.165, 1.54) is 0 Å². The molecule has 0 spiro atoms. The predicted molar refractivity (Wildman–Crippen MR) is 69.8 cm³/mol. The Hall–Kier alpha value is -0.620. The van der Waals surface area contributed by atoms with Crippen LogP contribution in [0, 0.1) is 0 Å². The standard InChI is InChI=1S/C11H16ClNO3S/c1-15-5-6-16-7-8-17(14)11-9(12)3-2-4-10(11)13/h2-4H,5-8,13H2,1H3. The molecule has 0 amide bonds. The van der Waals surface area contributed by atoms with E-state index in [4.69, 9.17) is 26.8 Å². The van der Waals surface area contributed by atoms with Crippen LogP contribution in [0.3, 0.4) is 0 Å². The highest BCUT2D eigenvalue weighted by atomic mass is 35.5. The van der Waals surface area contributed by atoms with Gasteiger partial charge in [-0.15, -0.1) is 0 Å². The van der Waals surface area contributed by atoms with Crippen LogP contribution in [-0.4, -0.2) is 36.9 Å². The maximum atomic E-state index is 12.0. The number of hydrogen-bond acceptors (Lipinski definition) is 4. The predicted octanol–water partition coefficient (Wildman–Crippen LogP) is 1.69. The van der Waals surface area contributed by atoms with Crippen molar-refractivity contribution in [3.05, 3.63) is 23.2 Å². The number of anilines is 1. The molecule has 1 unspecified atom stereocenters. The summed E-state index contributed by atoms with van der Waals surface area (Å²) in [6.07, 6.45) is 0. The lowest BCUT2D eigenvalue weighted by molar-refractivity contribution is 0.0787. The van der Waals surface area contributed by atoms with Gasteiger partial charge in [0.2, 0.25) is 0 Å². The molecular formula is C11H16ClNO3S. The highest BCUT2D eigenvalue weighted by molar-refractivity contribution is 7.85. The number of rotatable bonds is 7. The molecule has 0 saturated heterocycles. The summed E-state index contributed by atoms with van der Waals surface area (Å²) < 4.78 is 22.0. The van der Waals surface area contributed by atoms with Gasteiger partial charge in [-0.3, -0.25) is 4.21 Å². The van der Waals surface area contributed by atoms with E-state index in [9.17, 15) is 4.21 Å². The van der Waals surface area contributed by atoms with Gasteiger partial charge in [0.05, 0.1) is 46.3 Å². The van der Waals surface area contributed by atoms with Gasteiger partial charge in [0.15, 0.2) is 0 Å². The summed E-state index contributed by atoms with van der Waals surface area (Å²) in [6.45, 7) is 1.41. The number of benzene rings is 1. The summed E-state index contributed by atoms with van der Waals surface area (Å²) in [5.41, 5.74) is 6.19. The second-order valence-electron chi connectivity index (χ2n) is 3.31. The van der Waals surface area contributed by atoms with E-state index >= 15 is 0 Å². The van der Waals surface area contributed by atoms with Crippen molar-refractivity contribution in [3.8, 4) is 0 Å². The normalized spacial score (nSPS) is 12.6. The average Bonchev–Trinajstić information content (AvgIpc) is 2.28. The highest BCUT2D eigenvalue weighted by Crippen LogP contribution is 2.25. The molecule has 0 fully saturated rings. The molecule has 17 heavy (non-hydrogen) atoms. The average molecular weight is 278 g/mol. The smallest absolute Gasteiger partial charge is 0.0804 e. The molecule has 1 rings (SSSR count). The zero-order chi connectivity index (χ0) is 12.7. The van der Waals surface area contributed by atoms with Crippen LogP contribution in [0.4, 0.5) is 5.69 Å². The van der Waals surface area contributed by atoms with Gasteiger partial charge in [0, 0.05) is 12.8 Å². The molecule has 0 aliphatic rings. The lowest BCUT2D eigenvalue weighted by atomic mass is 10.3. The first kappa shape index (κ1) is 14.4. The van der Waals surface area contributed by atoms with Gasteiger partial charge in [-0.25, -0.2) is 0 Å². The summed E-state index contributed by atoms with van der Waals surface area (Å²) >= 11 is 5.95. The van der Waals surface area contributed by atoms with Gasteiger partial charge in [-0.1, -0.05) is 17.7 Å². The fourth-order valence-corrected chi connectivity index (χ4v) is 2.78. The van der Waals surface area contributed by atoms with Crippen molar-refractivity contribution in [2.75, 3.05) is 38.4 Å². The second-order valence-corrected chi connectivity index (χ2v) is 5.23. The van der Waals surface area contributed by atoms with Crippen LogP contribution in [-0.2, 0) is 20.3 Å². The summed E-state index contributed by atoms with van der Waals surface area (Å²) in [6, 6.07) is 5.09. The third kappa shape index (κ3) is 4.63. The molecule has 0 radical (unpaired) electrons. The molecule has 0 aliphatic heterocycles. The molecule has 0 saturated carbocycles. The summed E-state index contributed by atoms with van der Waals surface area (Å²) in [7, 11) is 0.368. The van der Waals surface area contributed by atoms with Gasteiger partial charge in [-0.05, 0) is 12.1 Å². The topological polar surface area (TPSA) is 61.5 Å². The van der Waals surface area contributed by atoms with E-state index in [-0.39, 0.29) is 0 Å². The number of nitrogen functional groups attached to an aromatic ring is 1.